The fourth-order valence-corrected chi connectivity index (χ4v) is 2.98. The summed E-state index contributed by atoms with van der Waals surface area (Å²) in [6.45, 7) is 1.77. The van der Waals surface area contributed by atoms with E-state index in [0.717, 1.165) is 11.6 Å². The predicted molar refractivity (Wildman–Crippen MR) is 70.3 cm³/mol. The highest BCUT2D eigenvalue weighted by atomic mass is 19.4. The summed E-state index contributed by atoms with van der Waals surface area (Å²) in [5.41, 5.74) is 0.779. The van der Waals surface area contributed by atoms with Crippen molar-refractivity contribution < 1.29 is 22.4 Å². The number of ketones is 1. The average Bonchev–Trinajstić information content (AvgIpc) is 2.80. The quantitative estimate of drug-likeness (QED) is 0.774. The standard InChI is InChI=1S/C16H13F3O2/c1-9-8-21-14-7-10(6-13(20)15(9)14)11-4-2-3-5-12(11)16(17,18)19/h2-5,8,10H,6-7H2,1H3. The molecule has 0 fully saturated rings. The Balaban J connectivity index is 2.03. The molecule has 1 aliphatic carbocycles. The summed E-state index contributed by atoms with van der Waals surface area (Å²) in [6.07, 6.45) is -2.53. The Morgan fingerprint density at radius 1 is 1.19 bits per heavy atom. The molecular formula is C16H13F3O2. The third kappa shape index (κ3) is 2.37. The fourth-order valence-electron chi connectivity index (χ4n) is 2.98. The first-order valence-corrected chi connectivity index (χ1v) is 6.64. The van der Waals surface area contributed by atoms with Crippen LogP contribution in [0.15, 0.2) is 34.9 Å². The number of Topliss-reactive ketones (excluding diaryl/α,β-unsaturated/α-hetero) is 1. The van der Waals surface area contributed by atoms with Gasteiger partial charge in [0.15, 0.2) is 5.78 Å². The molecule has 0 saturated carbocycles. The summed E-state index contributed by atoms with van der Waals surface area (Å²) < 4.78 is 44.6. The third-order valence-corrected chi connectivity index (χ3v) is 3.90. The van der Waals surface area contributed by atoms with Gasteiger partial charge >= 0.3 is 6.18 Å². The molecule has 3 rings (SSSR count). The maximum atomic E-state index is 13.1. The Morgan fingerprint density at radius 3 is 2.62 bits per heavy atom. The lowest BCUT2D eigenvalue weighted by atomic mass is 9.80. The molecule has 2 nitrogen and oxygen atoms in total. The van der Waals surface area contributed by atoms with Gasteiger partial charge in [-0.2, -0.15) is 13.2 Å². The van der Waals surface area contributed by atoms with Crippen molar-refractivity contribution in [1.82, 2.24) is 0 Å². The molecule has 0 spiro atoms. The van der Waals surface area contributed by atoms with E-state index >= 15 is 0 Å². The zero-order chi connectivity index (χ0) is 15.2. The van der Waals surface area contributed by atoms with Gasteiger partial charge in [-0.25, -0.2) is 0 Å². The molecule has 1 atom stereocenters. The zero-order valence-electron chi connectivity index (χ0n) is 11.3. The number of carbonyl (C=O) groups excluding carboxylic acids is 1. The molecule has 0 radical (unpaired) electrons. The molecule has 1 unspecified atom stereocenters. The lowest BCUT2D eigenvalue weighted by Crippen LogP contribution is -2.21. The van der Waals surface area contributed by atoms with Crippen molar-refractivity contribution in [3.63, 3.8) is 0 Å². The molecule has 0 aliphatic heterocycles. The van der Waals surface area contributed by atoms with E-state index in [9.17, 15) is 18.0 Å². The first kappa shape index (κ1) is 13.9. The molecule has 1 aromatic carbocycles. The number of alkyl halides is 3. The average molecular weight is 294 g/mol. The Hall–Kier alpha value is -2.04. The largest absolute Gasteiger partial charge is 0.468 e. The Bertz CT molecular complexity index is 698. The summed E-state index contributed by atoms with van der Waals surface area (Å²) in [4.78, 5) is 12.2. The Kier molecular flexibility index (Phi) is 3.15. The van der Waals surface area contributed by atoms with Crippen LogP contribution in [0.3, 0.4) is 0 Å². The monoisotopic (exact) mass is 294 g/mol. The van der Waals surface area contributed by atoms with Crippen molar-refractivity contribution >= 4 is 5.78 Å². The van der Waals surface area contributed by atoms with Crippen molar-refractivity contribution in [2.75, 3.05) is 0 Å². The number of furan rings is 1. The first-order valence-electron chi connectivity index (χ1n) is 6.64. The van der Waals surface area contributed by atoms with Gasteiger partial charge in [0, 0.05) is 12.8 Å². The molecule has 1 aromatic heterocycles. The van der Waals surface area contributed by atoms with Crippen LogP contribution in [-0.2, 0) is 12.6 Å². The van der Waals surface area contributed by atoms with E-state index in [1.54, 1.807) is 13.0 Å². The smallest absolute Gasteiger partial charge is 0.416 e. The molecule has 0 saturated heterocycles. The molecule has 0 bridgehead atoms. The van der Waals surface area contributed by atoms with Crippen molar-refractivity contribution in [3.8, 4) is 0 Å². The van der Waals surface area contributed by atoms with Crippen LogP contribution in [0.5, 0.6) is 0 Å². The number of fused-ring (bicyclic) bond motifs is 1. The maximum absolute atomic E-state index is 13.1. The number of benzene rings is 1. The van der Waals surface area contributed by atoms with Crippen LogP contribution in [-0.4, -0.2) is 5.78 Å². The molecule has 1 aliphatic rings. The lowest BCUT2D eigenvalue weighted by molar-refractivity contribution is -0.138. The second-order valence-corrected chi connectivity index (χ2v) is 5.33. The minimum Gasteiger partial charge on any atom is -0.468 e. The third-order valence-electron chi connectivity index (χ3n) is 3.90. The van der Waals surface area contributed by atoms with Gasteiger partial charge in [-0.3, -0.25) is 4.79 Å². The molecule has 2 aromatic rings. The predicted octanol–water partition coefficient (Wildman–Crippen LogP) is 4.52. The highest BCUT2D eigenvalue weighted by Gasteiger charge is 2.38. The van der Waals surface area contributed by atoms with Crippen LogP contribution in [0, 0.1) is 6.92 Å². The molecule has 0 N–H and O–H groups in total. The van der Waals surface area contributed by atoms with Gasteiger partial charge in [-0.15, -0.1) is 0 Å². The van der Waals surface area contributed by atoms with Crippen molar-refractivity contribution in [2.45, 2.75) is 31.9 Å². The number of hydrogen-bond donors (Lipinski definition) is 0. The number of aryl methyl sites for hydroxylation is 1. The number of carbonyl (C=O) groups is 1. The zero-order valence-corrected chi connectivity index (χ0v) is 11.3. The second kappa shape index (κ2) is 4.76. The van der Waals surface area contributed by atoms with E-state index < -0.39 is 17.7 Å². The number of halogens is 3. The first-order chi connectivity index (χ1) is 9.88. The van der Waals surface area contributed by atoms with Crippen LogP contribution >= 0.6 is 0 Å². The fraction of sp³-hybridized carbons (Fsp3) is 0.312. The van der Waals surface area contributed by atoms with Crippen LogP contribution in [0.25, 0.3) is 0 Å². The van der Waals surface area contributed by atoms with Gasteiger partial charge in [0.05, 0.1) is 17.4 Å². The van der Waals surface area contributed by atoms with Gasteiger partial charge in [0.1, 0.15) is 5.76 Å². The number of rotatable bonds is 1. The Morgan fingerprint density at radius 2 is 1.90 bits per heavy atom. The summed E-state index contributed by atoms with van der Waals surface area (Å²) in [6, 6.07) is 5.43. The van der Waals surface area contributed by atoms with Crippen LogP contribution in [0.2, 0.25) is 0 Å². The molecule has 1 heterocycles. The van der Waals surface area contributed by atoms with Crippen molar-refractivity contribution in [1.29, 1.82) is 0 Å². The van der Waals surface area contributed by atoms with Gasteiger partial charge in [-0.05, 0) is 30.0 Å². The van der Waals surface area contributed by atoms with E-state index in [4.69, 9.17) is 4.42 Å². The van der Waals surface area contributed by atoms with E-state index in [-0.39, 0.29) is 17.8 Å². The van der Waals surface area contributed by atoms with Crippen LogP contribution in [0.4, 0.5) is 13.2 Å². The minimum atomic E-state index is -4.42. The molecule has 5 heteroatoms. The normalized spacial score (nSPS) is 18.7. The highest BCUT2D eigenvalue weighted by molar-refractivity contribution is 6.00. The summed E-state index contributed by atoms with van der Waals surface area (Å²) >= 11 is 0. The second-order valence-electron chi connectivity index (χ2n) is 5.33. The van der Waals surface area contributed by atoms with Crippen molar-refractivity contribution in [2.24, 2.45) is 0 Å². The van der Waals surface area contributed by atoms with E-state index in [0.29, 0.717) is 17.7 Å². The van der Waals surface area contributed by atoms with E-state index in [1.165, 1.54) is 18.4 Å². The van der Waals surface area contributed by atoms with E-state index in [2.05, 4.69) is 0 Å². The van der Waals surface area contributed by atoms with Crippen LogP contribution in [0.1, 0.15) is 45.1 Å². The SMILES string of the molecule is Cc1coc2c1C(=O)CC(c1ccccc1C(F)(F)F)C2. The Labute approximate surface area is 119 Å². The lowest BCUT2D eigenvalue weighted by Gasteiger charge is -2.24. The van der Waals surface area contributed by atoms with Crippen molar-refractivity contribution in [3.05, 3.63) is 58.5 Å². The van der Waals surface area contributed by atoms with Gasteiger partial charge in [0.25, 0.3) is 0 Å². The maximum Gasteiger partial charge on any atom is 0.416 e. The van der Waals surface area contributed by atoms with E-state index in [1.807, 2.05) is 0 Å². The summed E-state index contributed by atoms with van der Waals surface area (Å²) in [5, 5.41) is 0. The topological polar surface area (TPSA) is 30.2 Å². The van der Waals surface area contributed by atoms with Gasteiger partial charge in [0.2, 0.25) is 0 Å². The summed E-state index contributed by atoms with van der Waals surface area (Å²) in [7, 11) is 0. The summed E-state index contributed by atoms with van der Waals surface area (Å²) in [5.74, 6) is -0.149. The molecule has 21 heavy (non-hydrogen) atoms. The molecular weight excluding hydrogens is 281 g/mol. The van der Waals surface area contributed by atoms with Gasteiger partial charge in [-0.1, -0.05) is 18.2 Å². The molecule has 0 amide bonds. The van der Waals surface area contributed by atoms with Crippen LogP contribution < -0.4 is 0 Å². The van der Waals surface area contributed by atoms with Gasteiger partial charge < -0.3 is 4.42 Å². The minimum absolute atomic E-state index is 0.0838. The highest BCUT2D eigenvalue weighted by Crippen LogP contribution is 2.40. The number of hydrogen-bond acceptors (Lipinski definition) is 2. The molecule has 110 valence electrons.